The van der Waals surface area contributed by atoms with E-state index in [9.17, 15) is 0 Å². The molecule has 0 aliphatic rings. The zero-order valence-corrected chi connectivity index (χ0v) is 18.6. The van der Waals surface area contributed by atoms with Gasteiger partial charge in [0.15, 0.2) is 0 Å². The molecule has 32 heavy (non-hydrogen) atoms. The number of hydrogen-bond donors (Lipinski definition) is 0. The first-order chi connectivity index (χ1) is 15.7. The minimum Gasteiger partial charge on any atom is -0.489 e. The van der Waals surface area contributed by atoms with Gasteiger partial charge in [0.25, 0.3) is 0 Å². The van der Waals surface area contributed by atoms with Gasteiger partial charge in [0.1, 0.15) is 36.2 Å². The Morgan fingerprint density at radius 2 is 1.25 bits per heavy atom. The fourth-order valence-corrected chi connectivity index (χ4v) is 3.71. The lowest BCUT2D eigenvalue weighted by molar-refractivity contribution is 0.289. The number of para-hydroxylation sites is 1. The smallest absolute Gasteiger partial charge is 0.127 e. The first-order valence-electron chi connectivity index (χ1n) is 11.0. The van der Waals surface area contributed by atoms with Gasteiger partial charge in [0, 0.05) is 6.07 Å². The van der Waals surface area contributed by atoms with Gasteiger partial charge in [-0.2, -0.15) is 0 Å². The third-order valence-electron chi connectivity index (χ3n) is 5.34. The molecule has 4 rings (SSSR count). The summed E-state index contributed by atoms with van der Waals surface area (Å²) in [5.41, 5.74) is 4.94. The van der Waals surface area contributed by atoms with Gasteiger partial charge >= 0.3 is 0 Å². The van der Waals surface area contributed by atoms with Gasteiger partial charge in [-0.05, 0) is 72.0 Å². The lowest BCUT2D eigenvalue weighted by atomic mass is 10.0. The summed E-state index contributed by atoms with van der Waals surface area (Å²) >= 11 is 0. The molecule has 4 aromatic carbocycles. The van der Waals surface area contributed by atoms with Crippen LogP contribution in [-0.4, -0.2) is 0 Å². The summed E-state index contributed by atoms with van der Waals surface area (Å²) in [6.07, 6.45) is 1.00. The van der Waals surface area contributed by atoms with Crippen LogP contribution in [0.1, 0.15) is 29.2 Å². The molecule has 0 saturated heterocycles. The van der Waals surface area contributed by atoms with Gasteiger partial charge in [-0.25, -0.2) is 0 Å². The first kappa shape index (κ1) is 21.5. The Kier molecular flexibility index (Phi) is 7.08. The summed E-state index contributed by atoms with van der Waals surface area (Å²) in [6, 6.07) is 31.9. The van der Waals surface area contributed by atoms with Gasteiger partial charge in [-0.15, -0.1) is 0 Å². The second kappa shape index (κ2) is 10.5. The molecule has 0 N–H and O–H groups in total. The molecule has 3 heteroatoms. The maximum absolute atomic E-state index is 6.07. The van der Waals surface area contributed by atoms with Gasteiger partial charge in [-0.1, -0.05) is 61.5 Å². The normalized spacial score (nSPS) is 10.6. The van der Waals surface area contributed by atoms with E-state index in [0.29, 0.717) is 13.2 Å². The summed E-state index contributed by atoms with van der Waals surface area (Å²) in [6.45, 7) is 5.33. The van der Waals surface area contributed by atoms with Crippen molar-refractivity contribution in [2.45, 2.75) is 33.5 Å². The second-order valence-corrected chi connectivity index (χ2v) is 7.68. The van der Waals surface area contributed by atoms with Crippen LogP contribution in [0.25, 0.3) is 0 Å². The largest absolute Gasteiger partial charge is 0.489 e. The molecule has 0 fully saturated rings. The Morgan fingerprint density at radius 3 is 2.03 bits per heavy atom. The summed E-state index contributed by atoms with van der Waals surface area (Å²) < 4.78 is 18.0. The SMILES string of the molecule is CCc1c(C)cccc1COc1cccc(OCc2cccc(Oc3ccccc3)c2)c1. The molecule has 0 aliphatic heterocycles. The third kappa shape index (κ3) is 5.70. The van der Waals surface area contributed by atoms with Crippen LogP contribution in [0, 0.1) is 6.92 Å². The average molecular weight is 425 g/mol. The Hall–Kier alpha value is -3.72. The van der Waals surface area contributed by atoms with Crippen molar-refractivity contribution in [1.82, 2.24) is 0 Å². The summed E-state index contributed by atoms with van der Waals surface area (Å²) in [5, 5.41) is 0. The topological polar surface area (TPSA) is 27.7 Å². The van der Waals surface area contributed by atoms with Gasteiger partial charge in [0.2, 0.25) is 0 Å². The highest BCUT2D eigenvalue weighted by molar-refractivity contribution is 5.37. The molecule has 3 nitrogen and oxygen atoms in total. The first-order valence-corrected chi connectivity index (χ1v) is 11.0. The van der Waals surface area contributed by atoms with E-state index >= 15 is 0 Å². The molecular formula is C29H28O3. The number of aryl methyl sites for hydroxylation is 1. The van der Waals surface area contributed by atoms with Crippen LogP contribution in [0.2, 0.25) is 0 Å². The Labute approximate surface area is 190 Å². The van der Waals surface area contributed by atoms with Crippen LogP contribution < -0.4 is 14.2 Å². The summed E-state index contributed by atoms with van der Waals surface area (Å²) in [7, 11) is 0. The molecule has 0 atom stereocenters. The molecule has 0 heterocycles. The highest BCUT2D eigenvalue weighted by Crippen LogP contribution is 2.25. The van der Waals surface area contributed by atoms with E-state index in [1.165, 1.54) is 16.7 Å². The fourth-order valence-electron chi connectivity index (χ4n) is 3.71. The molecule has 0 spiro atoms. The van der Waals surface area contributed by atoms with Gasteiger partial charge in [0.05, 0.1) is 0 Å². The number of hydrogen-bond acceptors (Lipinski definition) is 3. The van der Waals surface area contributed by atoms with E-state index in [1.54, 1.807) is 0 Å². The monoisotopic (exact) mass is 424 g/mol. The Bertz CT molecular complexity index is 1150. The fraction of sp³-hybridized carbons (Fsp3) is 0.172. The van der Waals surface area contributed by atoms with Crippen molar-refractivity contribution in [1.29, 1.82) is 0 Å². The zero-order chi connectivity index (χ0) is 22.2. The summed E-state index contributed by atoms with van der Waals surface area (Å²) in [4.78, 5) is 0. The van der Waals surface area contributed by atoms with Crippen molar-refractivity contribution >= 4 is 0 Å². The molecular weight excluding hydrogens is 396 g/mol. The highest BCUT2D eigenvalue weighted by Gasteiger charge is 2.06. The van der Waals surface area contributed by atoms with Gasteiger partial charge < -0.3 is 14.2 Å². The van der Waals surface area contributed by atoms with E-state index < -0.39 is 0 Å². The van der Waals surface area contributed by atoms with Gasteiger partial charge in [-0.3, -0.25) is 0 Å². The Morgan fingerprint density at radius 1 is 0.594 bits per heavy atom. The lowest BCUT2D eigenvalue weighted by Gasteiger charge is -2.13. The van der Waals surface area contributed by atoms with Crippen LogP contribution >= 0.6 is 0 Å². The van der Waals surface area contributed by atoms with E-state index in [0.717, 1.165) is 35.0 Å². The lowest BCUT2D eigenvalue weighted by Crippen LogP contribution is -2.02. The predicted molar refractivity (Wildman–Crippen MR) is 129 cm³/mol. The molecule has 0 unspecified atom stereocenters. The number of benzene rings is 4. The molecule has 0 aliphatic carbocycles. The predicted octanol–water partition coefficient (Wildman–Crippen LogP) is 7.51. The number of ether oxygens (including phenoxy) is 3. The van der Waals surface area contributed by atoms with Crippen molar-refractivity contribution in [3.05, 3.63) is 119 Å². The van der Waals surface area contributed by atoms with Crippen molar-refractivity contribution in [3.8, 4) is 23.0 Å². The van der Waals surface area contributed by atoms with Crippen LogP contribution in [0.3, 0.4) is 0 Å². The van der Waals surface area contributed by atoms with Crippen LogP contribution in [-0.2, 0) is 19.6 Å². The highest BCUT2D eigenvalue weighted by atomic mass is 16.5. The maximum atomic E-state index is 6.07. The van der Waals surface area contributed by atoms with Crippen molar-refractivity contribution < 1.29 is 14.2 Å². The Balaban J connectivity index is 1.36. The van der Waals surface area contributed by atoms with Crippen molar-refractivity contribution in [3.63, 3.8) is 0 Å². The number of rotatable bonds is 9. The molecule has 0 amide bonds. The maximum Gasteiger partial charge on any atom is 0.127 e. The molecule has 0 bridgehead atoms. The van der Waals surface area contributed by atoms with Crippen molar-refractivity contribution in [2.75, 3.05) is 0 Å². The standard InChI is InChI=1S/C29H28O3/c1-3-29-22(2)10-7-12-24(29)21-31-27-16-9-15-26(19-27)30-20-23-11-8-17-28(18-23)32-25-13-5-4-6-14-25/h4-19H,3,20-21H2,1-2H3. The minimum atomic E-state index is 0.452. The molecule has 0 radical (unpaired) electrons. The van der Waals surface area contributed by atoms with Crippen LogP contribution in [0.5, 0.6) is 23.0 Å². The van der Waals surface area contributed by atoms with Crippen LogP contribution in [0.15, 0.2) is 97.1 Å². The zero-order valence-electron chi connectivity index (χ0n) is 18.6. The molecule has 4 aromatic rings. The average Bonchev–Trinajstić information content (AvgIpc) is 2.83. The molecule has 0 aromatic heterocycles. The molecule has 0 saturated carbocycles. The molecule has 162 valence electrons. The third-order valence-corrected chi connectivity index (χ3v) is 5.34. The van der Waals surface area contributed by atoms with E-state index in [4.69, 9.17) is 14.2 Å². The van der Waals surface area contributed by atoms with Crippen LogP contribution in [0.4, 0.5) is 0 Å². The quantitative estimate of drug-likeness (QED) is 0.278. The minimum absolute atomic E-state index is 0.452. The van der Waals surface area contributed by atoms with E-state index in [2.05, 4.69) is 32.0 Å². The summed E-state index contributed by atoms with van der Waals surface area (Å²) in [5.74, 6) is 3.18. The van der Waals surface area contributed by atoms with Crippen molar-refractivity contribution in [2.24, 2.45) is 0 Å². The van der Waals surface area contributed by atoms with E-state index in [-0.39, 0.29) is 0 Å². The van der Waals surface area contributed by atoms with E-state index in [1.807, 2.05) is 78.9 Å². The second-order valence-electron chi connectivity index (χ2n) is 7.68.